The quantitative estimate of drug-likeness (QED) is 0.792. The van der Waals surface area contributed by atoms with Gasteiger partial charge in [0.25, 0.3) is 15.0 Å². The Hall–Kier alpha value is -1.22. The molecule has 0 fully saturated rings. The molecule has 114 valence electrons. The van der Waals surface area contributed by atoms with Crippen molar-refractivity contribution in [3.63, 3.8) is 0 Å². The summed E-state index contributed by atoms with van der Waals surface area (Å²) in [5.41, 5.74) is -0.0612. The van der Waals surface area contributed by atoms with Crippen LogP contribution in [-0.4, -0.2) is 43.6 Å². The van der Waals surface area contributed by atoms with E-state index in [0.29, 0.717) is 0 Å². The molecule has 0 N–H and O–H groups in total. The lowest BCUT2D eigenvalue weighted by Gasteiger charge is -2.18. The summed E-state index contributed by atoms with van der Waals surface area (Å²) in [6.45, 7) is -0.517. The minimum Gasteiger partial charge on any atom is -0.345 e. The highest BCUT2D eigenvalue weighted by molar-refractivity contribution is 8.13. The van der Waals surface area contributed by atoms with Crippen LogP contribution < -0.4 is 0 Å². The van der Waals surface area contributed by atoms with Crippen LogP contribution in [0.5, 0.6) is 0 Å². The molecule has 0 saturated heterocycles. The number of amides is 1. The van der Waals surface area contributed by atoms with Crippen LogP contribution in [-0.2, 0) is 16.1 Å². The fourth-order valence-electron chi connectivity index (χ4n) is 1.47. The first-order valence-corrected chi connectivity index (χ1v) is 7.66. The van der Waals surface area contributed by atoms with Gasteiger partial charge in [0.1, 0.15) is 10.6 Å². The second-order valence-electron chi connectivity index (χ2n) is 4.20. The molecule has 0 saturated carbocycles. The molecular weight excluding hydrogens is 321 g/mol. The van der Waals surface area contributed by atoms with E-state index in [1.807, 2.05) is 0 Å². The largest absolute Gasteiger partial charge is 0.390 e. The summed E-state index contributed by atoms with van der Waals surface area (Å²) in [7, 11) is 3.74. The Balaban J connectivity index is 2.90. The highest BCUT2D eigenvalue weighted by Gasteiger charge is 2.29. The van der Waals surface area contributed by atoms with E-state index in [4.69, 9.17) is 10.7 Å². The number of nitrogens with zero attached hydrogens (tertiary/aromatic N) is 2. The fourth-order valence-corrected chi connectivity index (χ4v) is 2.26. The normalized spacial score (nSPS) is 12.5. The van der Waals surface area contributed by atoms with Gasteiger partial charge in [-0.05, 0) is 6.07 Å². The fraction of sp³-hybridized carbons (Fsp3) is 0.500. The summed E-state index contributed by atoms with van der Waals surface area (Å²) in [5.74, 6) is -0.719. The van der Waals surface area contributed by atoms with Crippen molar-refractivity contribution in [3.05, 3.63) is 18.0 Å². The van der Waals surface area contributed by atoms with Crippen molar-refractivity contribution >= 4 is 25.6 Å². The molecule has 5 nitrogen and oxygen atoms in total. The smallest absolute Gasteiger partial charge is 0.345 e. The molecule has 1 heterocycles. The van der Waals surface area contributed by atoms with Crippen LogP contribution >= 0.6 is 10.7 Å². The molecule has 0 unspecified atom stereocenters. The van der Waals surface area contributed by atoms with Gasteiger partial charge in [-0.15, -0.1) is 0 Å². The summed E-state index contributed by atoms with van der Waals surface area (Å²) >= 11 is 0. The number of hydrogen-bond donors (Lipinski definition) is 0. The molecular formula is C10H12ClF3N2O3S. The summed E-state index contributed by atoms with van der Waals surface area (Å²) in [6, 6.07) is 1.02. The number of aryl methyl sites for hydroxylation is 1. The van der Waals surface area contributed by atoms with E-state index in [1.54, 1.807) is 0 Å². The van der Waals surface area contributed by atoms with Crippen LogP contribution in [0.3, 0.4) is 0 Å². The molecule has 0 aromatic carbocycles. The predicted molar refractivity (Wildman–Crippen MR) is 66.1 cm³/mol. The summed E-state index contributed by atoms with van der Waals surface area (Å²) < 4.78 is 59.7. The molecule has 0 radical (unpaired) electrons. The number of rotatable bonds is 4. The van der Waals surface area contributed by atoms with Crippen molar-refractivity contribution in [2.75, 3.05) is 13.6 Å². The zero-order chi connectivity index (χ0) is 15.7. The van der Waals surface area contributed by atoms with Crippen LogP contribution in [0.2, 0.25) is 0 Å². The molecule has 20 heavy (non-hydrogen) atoms. The lowest BCUT2D eigenvalue weighted by molar-refractivity contribution is -0.136. The SMILES string of the molecule is CN(CCC(F)(F)F)C(=O)c1cc(S(=O)(=O)Cl)cn1C. The maximum absolute atomic E-state index is 12.1. The molecule has 1 rings (SSSR count). The summed E-state index contributed by atoms with van der Waals surface area (Å²) in [6.07, 6.45) is -4.39. The average Bonchev–Trinajstić information content (AvgIpc) is 2.66. The Morgan fingerprint density at radius 3 is 2.40 bits per heavy atom. The highest BCUT2D eigenvalue weighted by Crippen LogP contribution is 2.21. The molecule has 1 amide bonds. The highest BCUT2D eigenvalue weighted by atomic mass is 35.7. The Morgan fingerprint density at radius 1 is 1.45 bits per heavy atom. The molecule has 1 aromatic heterocycles. The molecule has 1 aromatic rings. The van der Waals surface area contributed by atoms with Crippen molar-refractivity contribution in [1.82, 2.24) is 9.47 Å². The monoisotopic (exact) mass is 332 g/mol. The van der Waals surface area contributed by atoms with Gasteiger partial charge in [0.2, 0.25) is 0 Å². The summed E-state index contributed by atoms with van der Waals surface area (Å²) in [5, 5.41) is 0. The van der Waals surface area contributed by atoms with E-state index in [-0.39, 0.29) is 10.6 Å². The molecule has 0 atom stereocenters. The topological polar surface area (TPSA) is 59.4 Å². The minimum atomic E-state index is -4.37. The minimum absolute atomic E-state index is 0.0612. The number of carbonyl (C=O) groups excluding carboxylic acids is 1. The third-order valence-corrected chi connectivity index (χ3v) is 3.88. The van der Waals surface area contributed by atoms with Crippen molar-refractivity contribution < 1.29 is 26.4 Å². The molecule has 0 bridgehead atoms. The standard InChI is InChI=1S/C10H12ClF3N2O3S/c1-15(4-3-10(12,13)14)9(17)8-5-7(6-16(8)2)20(11,18)19/h5-6H,3-4H2,1-2H3. The van der Waals surface area contributed by atoms with Crippen LogP contribution in [0.25, 0.3) is 0 Å². The van der Waals surface area contributed by atoms with Crippen LogP contribution in [0.1, 0.15) is 16.9 Å². The second kappa shape index (κ2) is 5.65. The van der Waals surface area contributed by atoms with E-state index in [0.717, 1.165) is 17.2 Å². The number of aromatic nitrogens is 1. The van der Waals surface area contributed by atoms with Gasteiger partial charge in [-0.25, -0.2) is 8.42 Å². The first kappa shape index (κ1) is 16.8. The number of alkyl halides is 3. The first-order chi connectivity index (χ1) is 8.92. The maximum Gasteiger partial charge on any atom is 0.390 e. The Labute approximate surface area is 118 Å². The van der Waals surface area contributed by atoms with Crippen molar-refractivity contribution in [2.45, 2.75) is 17.5 Å². The second-order valence-corrected chi connectivity index (χ2v) is 6.77. The first-order valence-electron chi connectivity index (χ1n) is 5.35. The molecule has 0 spiro atoms. The van der Waals surface area contributed by atoms with Crippen LogP contribution in [0.4, 0.5) is 13.2 Å². The molecule has 0 aliphatic rings. The van der Waals surface area contributed by atoms with Gasteiger partial charge in [0.05, 0.1) is 6.42 Å². The van der Waals surface area contributed by atoms with Gasteiger partial charge in [0, 0.05) is 37.5 Å². The lowest BCUT2D eigenvalue weighted by Crippen LogP contribution is -2.31. The maximum atomic E-state index is 12.1. The molecule has 0 aliphatic heterocycles. The van der Waals surface area contributed by atoms with Crippen molar-refractivity contribution in [2.24, 2.45) is 7.05 Å². The van der Waals surface area contributed by atoms with Gasteiger partial charge in [0.15, 0.2) is 0 Å². The van der Waals surface area contributed by atoms with Gasteiger partial charge in [-0.3, -0.25) is 4.79 Å². The van der Waals surface area contributed by atoms with Gasteiger partial charge < -0.3 is 9.47 Å². The van der Waals surface area contributed by atoms with Crippen molar-refractivity contribution in [3.8, 4) is 0 Å². The number of hydrogen-bond acceptors (Lipinski definition) is 3. The van der Waals surface area contributed by atoms with Gasteiger partial charge in [-0.2, -0.15) is 13.2 Å². The Bertz CT molecular complexity index is 610. The zero-order valence-corrected chi connectivity index (χ0v) is 12.2. The van der Waals surface area contributed by atoms with E-state index in [9.17, 15) is 26.4 Å². The van der Waals surface area contributed by atoms with Crippen LogP contribution in [0.15, 0.2) is 17.2 Å². The van der Waals surface area contributed by atoms with Gasteiger partial charge >= 0.3 is 6.18 Å². The third-order valence-electron chi connectivity index (χ3n) is 2.56. The Morgan fingerprint density at radius 2 is 2.00 bits per heavy atom. The summed E-state index contributed by atoms with van der Waals surface area (Å²) in [4.78, 5) is 12.5. The molecule has 10 heteroatoms. The van der Waals surface area contributed by atoms with E-state index in [2.05, 4.69) is 0 Å². The van der Waals surface area contributed by atoms with E-state index in [1.165, 1.54) is 18.7 Å². The average molecular weight is 333 g/mol. The van der Waals surface area contributed by atoms with E-state index >= 15 is 0 Å². The third kappa shape index (κ3) is 4.41. The lowest BCUT2D eigenvalue weighted by atomic mass is 10.3. The predicted octanol–water partition coefficient (Wildman–Crippen LogP) is 1.98. The van der Waals surface area contributed by atoms with E-state index < -0.39 is 34.1 Å². The van der Waals surface area contributed by atoms with Gasteiger partial charge in [-0.1, -0.05) is 0 Å². The van der Waals surface area contributed by atoms with Crippen LogP contribution in [0, 0.1) is 0 Å². The van der Waals surface area contributed by atoms with Crippen molar-refractivity contribution in [1.29, 1.82) is 0 Å². The molecule has 0 aliphatic carbocycles. The number of halogens is 4. The zero-order valence-electron chi connectivity index (χ0n) is 10.6. The Kier molecular flexibility index (Phi) is 4.75. The number of carbonyl (C=O) groups is 1.